The van der Waals surface area contributed by atoms with Gasteiger partial charge in [0, 0.05) is 8.07 Å². The maximum atomic E-state index is 2.70. The Morgan fingerprint density at radius 3 is 0.700 bits per heavy atom. The average Bonchev–Trinajstić information content (AvgIpc) is 1.64. The van der Waals surface area contributed by atoms with Gasteiger partial charge in [0.15, 0.2) is 0 Å². The molecule has 0 radical (unpaired) electrons. The van der Waals surface area contributed by atoms with Crippen molar-refractivity contribution in [2.75, 3.05) is 0 Å². The molecule has 698 valence electrons. The molecule has 0 amide bonds. The number of hydrogen-bond acceptors (Lipinski definition) is 0. The Kier molecular flexibility index (Phi) is 46.9. The molecular formula is C119H218Si. The number of allylic oxidation sites excluding steroid dienone is 16. The van der Waals surface area contributed by atoms with E-state index in [-0.39, 0.29) is 0 Å². The van der Waals surface area contributed by atoms with Crippen molar-refractivity contribution in [1.29, 1.82) is 0 Å². The summed E-state index contributed by atoms with van der Waals surface area (Å²) in [6.45, 7) is 101. The van der Waals surface area contributed by atoms with Crippen molar-refractivity contribution < 1.29 is 0 Å². The first-order chi connectivity index (χ1) is 55.5. The minimum Gasteiger partial charge on any atom is -0.0808 e. The van der Waals surface area contributed by atoms with Gasteiger partial charge in [-0.25, -0.2) is 0 Å². The van der Waals surface area contributed by atoms with Gasteiger partial charge in [-0.15, -0.1) is 0 Å². The molecule has 0 spiro atoms. The molecule has 0 saturated heterocycles. The third kappa shape index (κ3) is 34.9. The van der Waals surface area contributed by atoms with E-state index in [1.807, 2.05) is 0 Å². The second kappa shape index (κ2) is 50.9. The van der Waals surface area contributed by atoms with Gasteiger partial charge in [-0.05, 0) is 392 Å². The Morgan fingerprint density at radius 1 is 0.258 bits per heavy atom. The fourth-order valence-electron chi connectivity index (χ4n) is 25.4. The smallest absolute Gasteiger partial charge is 0.0445 e. The fourth-order valence-corrected chi connectivity index (χ4v) is 27.4. The first-order valence-electron chi connectivity index (χ1n) is 53.1. The van der Waals surface area contributed by atoms with Crippen molar-refractivity contribution in [3.8, 4) is 0 Å². The second-order valence-corrected chi connectivity index (χ2v) is 57.4. The highest BCUT2D eigenvalue weighted by Gasteiger charge is 2.45. The molecular weight excluding hydrogens is 1460 g/mol. The fraction of sp³-hybridized carbons (Fsp3) is 0.866. The molecule has 0 nitrogen and oxygen atoms in total. The van der Waals surface area contributed by atoms with E-state index in [4.69, 9.17) is 0 Å². The van der Waals surface area contributed by atoms with Gasteiger partial charge in [-0.1, -0.05) is 363 Å². The molecule has 0 aromatic heterocycles. The average molecular weight is 1680 g/mol. The van der Waals surface area contributed by atoms with Crippen molar-refractivity contribution in [3.05, 3.63) is 94.2 Å². The van der Waals surface area contributed by atoms with E-state index < -0.39 is 8.07 Å². The number of fused-ring (bicyclic) bond motifs is 7. The van der Waals surface area contributed by atoms with Crippen LogP contribution >= 0.6 is 0 Å². The maximum Gasteiger partial charge on any atom is 0.0445 e. The summed E-state index contributed by atoms with van der Waals surface area (Å²) >= 11 is 0. The number of rotatable bonds is 6. The summed E-state index contributed by atoms with van der Waals surface area (Å²) in [6, 6.07) is 1.54. The first-order valence-corrected chi connectivity index (χ1v) is 56.8. The predicted octanol–water partition coefficient (Wildman–Crippen LogP) is 38.4. The highest BCUT2D eigenvalue weighted by molar-refractivity contribution is 6.76. The molecule has 1 heteroatoms. The topological polar surface area (TPSA) is 0 Å². The van der Waals surface area contributed by atoms with Crippen LogP contribution in [0.3, 0.4) is 0 Å². The first kappa shape index (κ1) is 110. The Balaban J connectivity index is 0.000000283. The van der Waals surface area contributed by atoms with Crippen molar-refractivity contribution >= 4 is 8.07 Å². The van der Waals surface area contributed by atoms with E-state index in [1.54, 1.807) is 39.5 Å². The Morgan fingerprint density at radius 2 is 0.458 bits per heavy atom. The molecule has 0 aromatic rings. The lowest BCUT2D eigenvalue weighted by Crippen LogP contribution is -2.26. The van der Waals surface area contributed by atoms with Gasteiger partial charge >= 0.3 is 0 Å². The minimum absolute atomic E-state index is 0.495. The highest BCUT2D eigenvalue weighted by Crippen LogP contribution is 2.55. The van der Waals surface area contributed by atoms with Crippen LogP contribution in [-0.4, -0.2) is 8.07 Å². The third-order valence-electron chi connectivity index (χ3n) is 34.8. The molecule has 12 atom stereocenters. The van der Waals surface area contributed by atoms with Gasteiger partial charge in [-0.3, -0.25) is 0 Å². The molecule has 15 rings (SSSR count). The third-order valence-corrected chi connectivity index (χ3v) is 36.5. The molecule has 12 unspecified atom stereocenters. The Bertz CT molecular complexity index is 2720. The Hall–Kier alpha value is -1.86. The van der Waals surface area contributed by atoms with Gasteiger partial charge < -0.3 is 0 Å². The van der Waals surface area contributed by atoms with Crippen LogP contribution in [0, 0.1) is 230 Å². The van der Waals surface area contributed by atoms with Crippen LogP contribution in [0.25, 0.3) is 0 Å². The van der Waals surface area contributed by atoms with Crippen LogP contribution in [0.1, 0.15) is 405 Å². The predicted molar refractivity (Wildman–Crippen MR) is 548 cm³/mol. The lowest BCUT2D eigenvalue weighted by Gasteiger charge is -2.30. The summed E-state index contributed by atoms with van der Waals surface area (Å²) in [5.41, 5.74) is 11.3. The molecule has 0 N–H and O–H groups in total. The van der Waals surface area contributed by atoms with Crippen LogP contribution in [0.4, 0.5) is 0 Å². The molecule has 15 aliphatic rings. The van der Waals surface area contributed by atoms with E-state index in [2.05, 4.69) is 357 Å². The molecule has 0 aliphatic heterocycles. The van der Waals surface area contributed by atoms with E-state index in [9.17, 15) is 0 Å². The number of hydrogen-bond donors (Lipinski definition) is 0. The minimum atomic E-state index is -0.882. The standard InChI is InChI=1S/C17H26.C16H26Si.C16H24.C14H22.4C10H20.4C4H10/c2*1-17(2,3)11-15-8-7-14-9-12-5-4-6-13(12)10-16(14)15;1-11(2)8-14-6-7-15-9-12-4-3-5-13(12)10-16(14)15;1-14(2,3)10-12-9-8-11-6-4-5-7-13(11)12;4*1-6-7(2)9(4)10(5)8(6)3;4*1-4(2)3/h2*9-10,14-16H,4-8,11H2,1-3H3;9-11,14-16H,3-8H2,1-2H3;4-7,11-13H,8-10H2,1-3H3;4*6-10H,1-5H3;4*4H,1-3H3. The van der Waals surface area contributed by atoms with Crippen molar-refractivity contribution in [1.82, 2.24) is 0 Å². The summed E-state index contributed by atoms with van der Waals surface area (Å²) in [5.74, 6) is 33.9. The molecule has 15 aliphatic carbocycles. The molecule has 11 saturated carbocycles. The lowest BCUT2D eigenvalue weighted by molar-refractivity contribution is 0.261. The molecule has 0 heterocycles. The van der Waals surface area contributed by atoms with Crippen molar-refractivity contribution in [2.24, 2.45) is 230 Å². The zero-order valence-corrected chi connectivity index (χ0v) is 90.5. The zero-order valence-electron chi connectivity index (χ0n) is 89.5. The van der Waals surface area contributed by atoms with Crippen LogP contribution in [0.5, 0.6) is 0 Å². The summed E-state index contributed by atoms with van der Waals surface area (Å²) in [7, 11) is -0.882. The molecule has 11 fully saturated rings. The van der Waals surface area contributed by atoms with Gasteiger partial charge in [0.1, 0.15) is 0 Å². The maximum absolute atomic E-state index is 2.70. The van der Waals surface area contributed by atoms with E-state index in [1.165, 1.54) is 128 Å². The van der Waals surface area contributed by atoms with E-state index in [0.29, 0.717) is 10.8 Å². The van der Waals surface area contributed by atoms with Gasteiger partial charge in [0.2, 0.25) is 0 Å². The summed E-state index contributed by atoms with van der Waals surface area (Å²) in [4.78, 5) is 0. The molecule has 120 heavy (non-hydrogen) atoms. The lowest BCUT2D eigenvalue weighted by atomic mass is 9.75. The largest absolute Gasteiger partial charge is 0.0808 e. The Labute approximate surface area is 758 Å². The summed E-state index contributed by atoms with van der Waals surface area (Å²) in [5, 5.41) is 0. The summed E-state index contributed by atoms with van der Waals surface area (Å²) in [6.07, 6.45) is 53.6. The SMILES string of the molecule is CC(C)(C)CC1CCC2C=C3CCCC3=CC21.CC(C)(C)CC1CCC2C=CC=CC21.CC(C)C.CC(C)C.CC(C)C.CC(C)C.CC(C)CC1CCC2C=C3CCCC3=CC21.CC1C(C)C(C)C(C)C1C.CC1C(C)C(C)C(C)C1C.CC1C(C)C(C)C(C)C1C.CC1C(C)C(C)C(C)C1C.C[Si](C)(C)CC1CCC2C=C3CCCC3=CC21. The monoisotopic (exact) mass is 1680 g/mol. The highest BCUT2D eigenvalue weighted by atomic mass is 28.3. The second-order valence-electron chi connectivity index (χ2n) is 51.8. The van der Waals surface area contributed by atoms with Crippen LogP contribution in [0.2, 0.25) is 25.7 Å². The van der Waals surface area contributed by atoms with Crippen LogP contribution in [0.15, 0.2) is 94.2 Å². The normalized spacial score (nSPS) is 39.1. The quantitative estimate of drug-likeness (QED) is 0.233. The van der Waals surface area contributed by atoms with E-state index >= 15 is 0 Å². The van der Waals surface area contributed by atoms with Crippen LogP contribution < -0.4 is 0 Å². The summed E-state index contributed by atoms with van der Waals surface area (Å²) < 4.78 is 0. The van der Waals surface area contributed by atoms with Crippen molar-refractivity contribution in [2.45, 2.75) is 431 Å². The zero-order chi connectivity index (χ0) is 91.2. The van der Waals surface area contributed by atoms with Gasteiger partial charge in [-0.2, -0.15) is 0 Å². The van der Waals surface area contributed by atoms with Crippen molar-refractivity contribution in [3.63, 3.8) is 0 Å². The molecule has 0 aromatic carbocycles. The van der Waals surface area contributed by atoms with Gasteiger partial charge in [0.25, 0.3) is 0 Å². The van der Waals surface area contributed by atoms with E-state index in [0.717, 1.165) is 219 Å². The van der Waals surface area contributed by atoms with Gasteiger partial charge in [0.05, 0.1) is 0 Å². The molecule has 0 bridgehead atoms. The van der Waals surface area contributed by atoms with Crippen LogP contribution in [-0.2, 0) is 0 Å².